The lowest BCUT2D eigenvalue weighted by Gasteiger charge is -2.37. The molecule has 0 saturated carbocycles. The molecule has 2 aliphatic heterocycles. The van der Waals surface area contributed by atoms with E-state index >= 15 is 0 Å². The van der Waals surface area contributed by atoms with Gasteiger partial charge >= 0.3 is 0 Å². The summed E-state index contributed by atoms with van der Waals surface area (Å²) in [5.41, 5.74) is 0.529. The van der Waals surface area contributed by atoms with E-state index in [9.17, 15) is 0 Å². The molecule has 28 heavy (non-hydrogen) atoms. The van der Waals surface area contributed by atoms with E-state index in [1.54, 1.807) is 7.05 Å². The van der Waals surface area contributed by atoms with Crippen molar-refractivity contribution in [3.8, 4) is 0 Å². The Kier molecular flexibility index (Phi) is 14.6. The Hall–Kier alpha value is -0.870. The van der Waals surface area contributed by atoms with Crippen molar-refractivity contribution >= 4 is 5.90 Å². The minimum absolute atomic E-state index is 0.349. The minimum Gasteiger partial charge on any atom is -0.475 e. The SMILES string of the molecule is CC.CC/C=C\C(=NC)OC1CCN(C)CC1.CN1CCC(C(C)(C)C)CC1. The lowest BCUT2D eigenvalue weighted by atomic mass is 9.75. The highest BCUT2D eigenvalue weighted by Crippen LogP contribution is 2.33. The first-order valence-corrected chi connectivity index (χ1v) is 11.4. The molecule has 0 aromatic rings. The molecule has 0 bridgehead atoms. The molecule has 4 heteroatoms. The van der Waals surface area contributed by atoms with E-state index in [2.05, 4.69) is 62.7 Å². The van der Waals surface area contributed by atoms with Crippen molar-refractivity contribution in [2.24, 2.45) is 16.3 Å². The largest absolute Gasteiger partial charge is 0.475 e. The van der Waals surface area contributed by atoms with Gasteiger partial charge in [0.2, 0.25) is 5.90 Å². The molecule has 0 unspecified atom stereocenters. The second-order valence-corrected chi connectivity index (χ2v) is 8.94. The van der Waals surface area contributed by atoms with E-state index in [1.807, 2.05) is 19.9 Å². The Morgan fingerprint density at radius 2 is 1.43 bits per heavy atom. The van der Waals surface area contributed by atoms with Gasteiger partial charge in [0, 0.05) is 20.1 Å². The van der Waals surface area contributed by atoms with Crippen molar-refractivity contribution in [2.75, 3.05) is 47.3 Å². The summed E-state index contributed by atoms with van der Waals surface area (Å²) < 4.78 is 5.83. The third kappa shape index (κ3) is 11.9. The van der Waals surface area contributed by atoms with E-state index in [-0.39, 0.29) is 0 Å². The van der Waals surface area contributed by atoms with Crippen LogP contribution in [0, 0.1) is 11.3 Å². The Morgan fingerprint density at radius 3 is 1.82 bits per heavy atom. The van der Waals surface area contributed by atoms with Gasteiger partial charge in [0.25, 0.3) is 0 Å². The third-order valence-electron chi connectivity index (χ3n) is 5.61. The van der Waals surface area contributed by atoms with Gasteiger partial charge in [-0.1, -0.05) is 47.6 Å². The van der Waals surface area contributed by atoms with Crippen LogP contribution in [0.2, 0.25) is 0 Å². The second-order valence-electron chi connectivity index (χ2n) is 8.94. The van der Waals surface area contributed by atoms with Gasteiger partial charge in [-0.3, -0.25) is 4.99 Å². The van der Waals surface area contributed by atoms with Gasteiger partial charge in [-0.15, -0.1) is 0 Å². The average Bonchev–Trinajstić information content (AvgIpc) is 2.68. The summed E-state index contributed by atoms with van der Waals surface area (Å²) in [7, 11) is 6.16. The molecule has 2 heterocycles. The number of hydrogen-bond donors (Lipinski definition) is 0. The summed E-state index contributed by atoms with van der Waals surface area (Å²) in [5, 5.41) is 0. The maximum absolute atomic E-state index is 5.83. The van der Waals surface area contributed by atoms with Crippen molar-refractivity contribution in [3.63, 3.8) is 0 Å². The van der Waals surface area contributed by atoms with Crippen LogP contribution in [0.15, 0.2) is 17.1 Å². The van der Waals surface area contributed by atoms with Crippen LogP contribution in [-0.4, -0.2) is 69.1 Å². The van der Waals surface area contributed by atoms with Crippen LogP contribution in [0.1, 0.15) is 73.6 Å². The molecular formula is C24H49N3O. The zero-order valence-electron chi connectivity index (χ0n) is 20.4. The van der Waals surface area contributed by atoms with E-state index in [1.165, 1.54) is 25.9 Å². The minimum atomic E-state index is 0.349. The highest BCUT2D eigenvalue weighted by atomic mass is 16.5. The van der Waals surface area contributed by atoms with E-state index in [4.69, 9.17) is 4.74 Å². The summed E-state index contributed by atoms with van der Waals surface area (Å²) in [4.78, 5) is 8.90. The molecule has 0 radical (unpaired) electrons. The predicted octanol–water partition coefficient (Wildman–Crippen LogP) is 5.49. The van der Waals surface area contributed by atoms with Crippen molar-refractivity contribution in [1.82, 2.24) is 9.80 Å². The number of rotatable bonds is 3. The van der Waals surface area contributed by atoms with Crippen LogP contribution in [0.5, 0.6) is 0 Å². The van der Waals surface area contributed by atoms with Gasteiger partial charge in [0.1, 0.15) is 6.10 Å². The average molecular weight is 396 g/mol. The quantitative estimate of drug-likeness (QED) is 0.467. The number of ether oxygens (including phenoxy) is 1. The fourth-order valence-corrected chi connectivity index (χ4v) is 3.53. The van der Waals surface area contributed by atoms with Crippen LogP contribution >= 0.6 is 0 Å². The lowest BCUT2D eigenvalue weighted by molar-refractivity contribution is 0.106. The molecule has 0 amide bonds. The number of aliphatic imine (C=N–C) groups is 1. The maximum Gasteiger partial charge on any atom is 0.208 e. The highest BCUT2D eigenvalue weighted by molar-refractivity contribution is 5.87. The van der Waals surface area contributed by atoms with Crippen LogP contribution in [-0.2, 0) is 4.74 Å². The molecule has 4 nitrogen and oxygen atoms in total. The summed E-state index contributed by atoms with van der Waals surface area (Å²) in [6.07, 6.45) is 10.4. The zero-order chi connectivity index (χ0) is 21.6. The molecule has 0 spiro atoms. The molecule has 0 atom stereocenters. The monoisotopic (exact) mass is 395 g/mol. The molecule has 0 aliphatic carbocycles. The fraction of sp³-hybridized carbons (Fsp3) is 0.875. The van der Waals surface area contributed by atoms with Crippen LogP contribution in [0.25, 0.3) is 0 Å². The summed E-state index contributed by atoms with van der Waals surface area (Å²) in [6.45, 7) is 18.0. The number of nitrogens with zero attached hydrogens (tertiary/aromatic N) is 3. The third-order valence-corrected chi connectivity index (χ3v) is 5.61. The maximum atomic E-state index is 5.83. The van der Waals surface area contributed by atoms with E-state index in [0.29, 0.717) is 11.5 Å². The Morgan fingerprint density at radius 1 is 0.964 bits per heavy atom. The molecule has 2 saturated heterocycles. The summed E-state index contributed by atoms with van der Waals surface area (Å²) in [6, 6.07) is 0. The first kappa shape index (κ1) is 27.1. The number of likely N-dealkylation sites (tertiary alicyclic amines) is 2. The zero-order valence-corrected chi connectivity index (χ0v) is 20.4. The molecule has 2 fully saturated rings. The van der Waals surface area contributed by atoms with Crippen molar-refractivity contribution < 1.29 is 4.74 Å². The molecule has 2 aliphatic rings. The predicted molar refractivity (Wildman–Crippen MR) is 125 cm³/mol. The Bertz CT molecular complexity index is 424. The number of allylic oxidation sites excluding steroid dienone is 1. The molecular weight excluding hydrogens is 346 g/mol. The first-order chi connectivity index (χ1) is 13.3. The normalized spacial score (nSPS) is 21.0. The Labute approximate surface area is 176 Å². The highest BCUT2D eigenvalue weighted by Gasteiger charge is 2.27. The fourth-order valence-electron chi connectivity index (χ4n) is 3.53. The van der Waals surface area contributed by atoms with Crippen molar-refractivity contribution in [3.05, 3.63) is 12.2 Å². The summed E-state index contributed by atoms with van der Waals surface area (Å²) in [5.74, 6) is 1.71. The smallest absolute Gasteiger partial charge is 0.208 e. The summed E-state index contributed by atoms with van der Waals surface area (Å²) >= 11 is 0. The molecule has 0 N–H and O–H groups in total. The van der Waals surface area contributed by atoms with E-state index in [0.717, 1.165) is 44.2 Å². The topological polar surface area (TPSA) is 28.1 Å². The van der Waals surface area contributed by atoms with Gasteiger partial charge < -0.3 is 14.5 Å². The van der Waals surface area contributed by atoms with Gasteiger partial charge in [0.15, 0.2) is 0 Å². The second kappa shape index (κ2) is 15.0. The van der Waals surface area contributed by atoms with Gasteiger partial charge in [-0.25, -0.2) is 0 Å². The molecule has 166 valence electrons. The molecule has 2 rings (SSSR count). The standard InChI is InChI=1S/C12H22N2O.C10H21N.C2H6/c1-4-5-6-12(13-2)15-11-7-9-14(3)10-8-11;1-10(2,3)9-5-7-11(4)8-6-9;1-2/h5-6,11H,4,7-10H2,1-3H3;9H,5-8H2,1-4H3;1-2H3/b6-5-,13-12?;;. The van der Waals surface area contributed by atoms with Crippen LogP contribution in [0.3, 0.4) is 0 Å². The first-order valence-electron chi connectivity index (χ1n) is 11.4. The number of hydrogen-bond acceptors (Lipinski definition) is 4. The van der Waals surface area contributed by atoms with E-state index < -0.39 is 0 Å². The van der Waals surface area contributed by atoms with Crippen molar-refractivity contribution in [2.45, 2.75) is 79.8 Å². The van der Waals surface area contributed by atoms with Gasteiger partial charge in [-0.2, -0.15) is 0 Å². The number of piperidine rings is 2. The van der Waals surface area contributed by atoms with Gasteiger partial charge in [0.05, 0.1) is 0 Å². The van der Waals surface area contributed by atoms with Crippen molar-refractivity contribution in [1.29, 1.82) is 0 Å². The lowest BCUT2D eigenvalue weighted by Crippen LogP contribution is -2.35. The van der Waals surface area contributed by atoms with Crippen LogP contribution < -0.4 is 0 Å². The molecule has 0 aromatic carbocycles. The van der Waals surface area contributed by atoms with Crippen LogP contribution in [0.4, 0.5) is 0 Å². The Balaban J connectivity index is 0.000000497. The van der Waals surface area contributed by atoms with Gasteiger partial charge in [-0.05, 0) is 76.7 Å². The molecule has 0 aromatic heterocycles.